The van der Waals surface area contributed by atoms with Crippen molar-refractivity contribution in [2.24, 2.45) is 0 Å². The van der Waals surface area contributed by atoms with Gasteiger partial charge >= 0.3 is 0 Å². The van der Waals surface area contributed by atoms with Crippen LogP contribution in [-0.2, 0) is 6.54 Å². The van der Waals surface area contributed by atoms with E-state index < -0.39 is 0 Å². The van der Waals surface area contributed by atoms with Crippen LogP contribution in [0.15, 0.2) is 24.5 Å². The van der Waals surface area contributed by atoms with Gasteiger partial charge in [0.15, 0.2) is 0 Å². The van der Waals surface area contributed by atoms with Crippen LogP contribution >= 0.6 is 0 Å². The Kier molecular flexibility index (Phi) is 3.58. The third kappa shape index (κ3) is 2.33. The second kappa shape index (κ2) is 5.32. The van der Waals surface area contributed by atoms with E-state index in [1.54, 1.807) is 12.3 Å². The molecular weight excluding hydrogens is 226 g/mol. The smallest absolute Gasteiger partial charge is 0.144 e. The Bertz CT molecular complexity index is 579. The molecule has 0 amide bonds. The van der Waals surface area contributed by atoms with Gasteiger partial charge in [0, 0.05) is 24.8 Å². The Morgan fingerprint density at radius 2 is 2.22 bits per heavy atom. The molecule has 5 heteroatoms. The minimum absolute atomic E-state index is 0.559. The van der Waals surface area contributed by atoms with E-state index in [9.17, 15) is 0 Å². The Hall–Kier alpha value is -2.35. The average molecular weight is 241 g/mol. The summed E-state index contributed by atoms with van der Waals surface area (Å²) in [6, 6.07) is 5.75. The highest BCUT2D eigenvalue weighted by molar-refractivity contribution is 5.63. The zero-order valence-corrected chi connectivity index (χ0v) is 10.5. The molecule has 0 saturated carbocycles. The maximum Gasteiger partial charge on any atom is 0.144 e. The largest absolute Gasteiger partial charge is 0.369 e. The van der Waals surface area contributed by atoms with Crippen LogP contribution < -0.4 is 5.32 Å². The molecule has 2 rings (SSSR count). The van der Waals surface area contributed by atoms with Gasteiger partial charge in [0.05, 0.1) is 17.5 Å². The standard InChI is InChI=1S/C13H15N5/c1-3-15-13-10(7-14)5-6-12(17-13)11-8-16-18(4-2)9-11/h5-6,8-9H,3-4H2,1-2H3,(H,15,17). The topological polar surface area (TPSA) is 66.5 Å². The van der Waals surface area contributed by atoms with Crippen molar-refractivity contribution in [1.82, 2.24) is 14.8 Å². The molecule has 18 heavy (non-hydrogen) atoms. The predicted octanol–water partition coefficient (Wildman–Crippen LogP) is 2.27. The molecule has 0 spiro atoms. The molecule has 2 aromatic heterocycles. The van der Waals surface area contributed by atoms with Crippen LogP contribution in [-0.4, -0.2) is 21.3 Å². The number of nitrogens with zero attached hydrogens (tertiary/aromatic N) is 4. The highest BCUT2D eigenvalue weighted by Gasteiger charge is 2.07. The van der Waals surface area contributed by atoms with Gasteiger partial charge in [0.1, 0.15) is 11.9 Å². The minimum atomic E-state index is 0.559. The molecule has 0 fully saturated rings. The van der Waals surface area contributed by atoms with Gasteiger partial charge in [-0.3, -0.25) is 4.68 Å². The van der Waals surface area contributed by atoms with Gasteiger partial charge in [-0.2, -0.15) is 10.4 Å². The molecule has 0 radical (unpaired) electrons. The van der Waals surface area contributed by atoms with Crippen LogP contribution in [0.3, 0.4) is 0 Å². The SMILES string of the molecule is CCNc1nc(-c2cnn(CC)c2)ccc1C#N. The number of rotatable bonds is 4. The Morgan fingerprint density at radius 3 is 2.83 bits per heavy atom. The number of nitriles is 1. The van der Waals surface area contributed by atoms with Crippen LogP contribution in [0.1, 0.15) is 19.4 Å². The highest BCUT2D eigenvalue weighted by Crippen LogP contribution is 2.20. The molecule has 0 atom stereocenters. The Labute approximate surface area is 106 Å². The van der Waals surface area contributed by atoms with Crippen molar-refractivity contribution in [1.29, 1.82) is 5.26 Å². The Balaban J connectivity index is 2.40. The van der Waals surface area contributed by atoms with Crippen molar-refractivity contribution >= 4 is 5.82 Å². The van der Waals surface area contributed by atoms with Crippen LogP contribution in [0.5, 0.6) is 0 Å². The first-order valence-corrected chi connectivity index (χ1v) is 5.96. The molecule has 0 bridgehead atoms. The number of anilines is 1. The fourth-order valence-electron chi connectivity index (χ4n) is 1.68. The lowest BCUT2D eigenvalue weighted by atomic mass is 10.2. The lowest BCUT2D eigenvalue weighted by Gasteiger charge is -2.06. The lowest BCUT2D eigenvalue weighted by Crippen LogP contribution is -2.02. The molecule has 0 aliphatic heterocycles. The average Bonchev–Trinajstić information content (AvgIpc) is 2.88. The number of nitrogens with one attached hydrogen (secondary N) is 1. The van der Waals surface area contributed by atoms with Crippen molar-refractivity contribution in [2.75, 3.05) is 11.9 Å². The maximum atomic E-state index is 9.00. The van der Waals surface area contributed by atoms with Crippen LogP contribution in [0.25, 0.3) is 11.3 Å². The van der Waals surface area contributed by atoms with Crippen molar-refractivity contribution in [2.45, 2.75) is 20.4 Å². The van der Waals surface area contributed by atoms with Crippen molar-refractivity contribution in [3.8, 4) is 17.3 Å². The van der Waals surface area contributed by atoms with Gasteiger partial charge in [0.2, 0.25) is 0 Å². The molecule has 2 aromatic rings. The molecule has 5 nitrogen and oxygen atoms in total. The number of pyridine rings is 1. The highest BCUT2D eigenvalue weighted by atomic mass is 15.3. The van der Waals surface area contributed by atoms with Gasteiger partial charge < -0.3 is 5.32 Å². The maximum absolute atomic E-state index is 9.00. The van der Waals surface area contributed by atoms with Crippen LogP contribution in [0, 0.1) is 11.3 Å². The summed E-state index contributed by atoms with van der Waals surface area (Å²) in [5.74, 6) is 0.627. The van der Waals surface area contributed by atoms with Gasteiger partial charge in [-0.25, -0.2) is 4.98 Å². The zero-order chi connectivity index (χ0) is 13.0. The van der Waals surface area contributed by atoms with E-state index in [-0.39, 0.29) is 0 Å². The van der Waals surface area contributed by atoms with Gasteiger partial charge in [-0.1, -0.05) is 0 Å². The summed E-state index contributed by atoms with van der Waals surface area (Å²) in [5, 5.41) is 16.3. The van der Waals surface area contributed by atoms with Gasteiger partial charge in [0.25, 0.3) is 0 Å². The van der Waals surface area contributed by atoms with E-state index in [1.807, 2.05) is 30.8 Å². The summed E-state index contributed by atoms with van der Waals surface area (Å²) >= 11 is 0. The molecule has 1 N–H and O–H groups in total. The summed E-state index contributed by atoms with van der Waals surface area (Å²) in [6.45, 7) is 5.58. The summed E-state index contributed by atoms with van der Waals surface area (Å²) in [4.78, 5) is 4.46. The number of aromatic nitrogens is 3. The molecule has 2 heterocycles. The van der Waals surface area contributed by atoms with Crippen LogP contribution in [0.4, 0.5) is 5.82 Å². The normalized spacial score (nSPS) is 10.1. The Morgan fingerprint density at radius 1 is 1.39 bits per heavy atom. The molecule has 0 saturated heterocycles. The molecule has 0 aliphatic rings. The molecule has 92 valence electrons. The van der Waals surface area contributed by atoms with E-state index >= 15 is 0 Å². The van der Waals surface area contributed by atoms with E-state index in [2.05, 4.69) is 21.5 Å². The summed E-state index contributed by atoms with van der Waals surface area (Å²) < 4.78 is 1.85. The fraction of sp³-hybridized carbons (Fsp3) is 0.308. The summed E-state index contributed by atoms with van der Waals surface area (Å²) in [7, 11) is 0. The third-order valence-corrected chi connectivity index (χ3v) is 2.61. The van der Waals surface area contributed by atoms with Gasteiger partial charge in [-0.15, -0.1) is 0 Å². The third-order valence-electron chi connectivity index (χ3n) is 2.61. The molecule has 0 aliphatic carbocycles. The van der Waals surface area contributed by atoms with E-state index in [0.717, 1.165) is 24.3 Å². The van der Waals surface area contributed by atoms with Crippen molar-refractivity contribution in [3.05, 3.63) is 30.1 Å². The van der Waals surface area contributed by atoms with Crippen molar-refractivity contribution in [3.63, 3.8) is 0 Å². The number of hydrogen-bond donors (Lipinski definition) is 1. The van der Waals surface area contributed by atoms with Crippen molar-refractivity contribution < 1.29 is 0 Å². The van der Waals surface area contributed by atoms with Gasteiger partial charge in [-0.05, 0) is 26.0 Å². The second-order valence-electron chi connectivity index (χ2n) is 3.82. The predicted molar refractivity (Wildman–Crippen MR) is 70.0 cm³/mol. The first kappa shape index (κ1) is 12.1. The van der Waals surface area contributed by atoms with E-state index in [0.29, 0.717) is 11.4 Å². The first-order valence-electron chi connectivity index (χ1n) is 5.96. The first-order chi connectivity index (χ1) is 8.78. The monoisotopic (exact) mass is 241 g/mol. The number of aryl methyl sites for hydroxylation is 1. The van der Waals surface area contributed by atoms with E-state index in [1.165, 1.54) is 0 Å². The fourth-order valence-corrected chi connectivity index (χ4v) is 1.68. The molecular formula is C13H15N5. The van der Waals surface area contributed by atoms with E-state index in [4.69, 9.17) is 5.26 Å². The number of hydrogen-bond acceptors (Lipinski definition) is 4. The molecule has 0 unspecified atom stereocenters. The summed E-state index contributed by atoms with van der Waals surface area (Å²) in [5.41, 5.74) is 2.34. The summed E-state index contributed by atoms with van der Waals surface area (Å²) in [6.07, 6.45) is 3.73. The minimum Gasteiger partial charge on any atom is -0.369 e. The quantitative estimate of drug-likeness (QED) is 0.891. The zero-order valence-electron chi connectivity index (χ0n) is 10.5. The molecule has 0 aromatic carbocycles. The second-order valence-corrected chi connectivity index (χ2v) is 3.82. The lowest BCUT2D eigenvalue weighted by molar-refractivity contribution is 0.660. The van der Waals surface area contributed by atoms with Crippen LogP contribution in [0.2, 0.25) is 0 Å².